The fourth-order valence-electron chi connectivity index (χ4n) is 4.67. The third-order valence-corrected chi connectivity index (χ3v) is 6.84. The Morgan fingerprint density at radius 2 is 1.58 bits per heavy atom. The fraction of sp³-hybridized carbons (Fsp3) is 0.357. The number of hydrogen-bond acceptors (Lipinski definition) is 9. The number of nitrogens with zero attached hydrogens (tertiary/aromatic N) is 3. The van der Waals surface area contributed by atoms with Crippen molar-refractivity contribution in [1.82, 2.24) is 14.8 Å². The van der Waals surface area contributed by atoms with Crippen LogP contribution in [0.15, 0.2) is 66.9 Å². The monoisotopic (exact) mass is 521 g/mol. The van der Waals surface area contributed by atoms with E-state index in [-0.39, 0.29) is 11.6 Å². The Balaban J connectivity index is 1.47. The summed E-state index contributed by atoms with van der Waals surface area (Å²) >= 11 is 0. The van der Waals surface area contributed by atoms with Crippen LogP contribution in [-0.4, -0.2) is 77.6 Å². The third kappa shape index (κ3) is 5.50. The van der Waals surface area contributed by atoms with Crippen LogP contribution in [0.5, 0.6) is 11.6 Å². The van der Waals surface area contributed by atoms with Crippen LogP contribution in [0.4, 0.5) is 0 Å². The standard InChI is InChI=1S/C28H31N3O7/c32-16-21-23(34)24(35)25(36)28(37-21)38-27-22-19(9-6-18-7-10-20(33)11-8-18)12-14-29-26(22)31(30-27)15-13-17-4-2-1-3-5-17/h1-5,7-8,10-12,14,21,23-25,28,32-36H,6,9,13,15-16H2/t21-,23-,24+,25-,28?/m1/s1. The van der Waals surface area contributed by atoms with E-state index in [0.29, 0.717) is 36.8 Å². The highest BCUT2D eigenvalue weighted by atomic mass is 16.7. The lowest BCUT2D eigenvalue weighted by Gasteiger charge is -2.39. The second kappa shape index (κ2) is 11.5. The zero-order valence-corrected chi connectivity index (χ0v) is 20.7. The number of aliphatic hydroxyl groups excluding tert-OH is 4. The highest BCUT2D eigenvalue weighted by molar-refractivity contribution is 5.85. The van der Waals surface area contributed by atoms with Gasteiger partial charge in [-0.3, -0.25) is 0 Å². The van der Waals surface area contributed by atoms with Gasteiger partial charge in [0.2, 0.25) is 12.2 Å². The highest BCUT2D eigenvalue weighted by Gasteiger charge is 2.45. The van der Waals surface area contributed by atoms with E-state index in [1.165, 1.54) is 0 Å². The summed E-state index contributed by atoms with van der Waals surface area (Å²) in [7, 11) is 0. The minimum Gasteiger partial charge on any atom is -0.508 e. The number of aromatic nitrogens is 3. The highest BCUT2D eigenvalue weighted by Crippen LogP contribution is 2.32. The first-order valence-electron chi connectivity index (χ1n) is 12.6. The Hall–Kier alpha value is -3.54. The number of phenolic OH excluding ortho intramolecular Hbond substituents is 1. The van der Waals surface area contributed by atoms with Crippen LogP contribution >= 0.6 is 0 Å². The smallest absolute Gasteiger partial charge is 0.245 e. The molecule has 0 bridgehead atoms. The number of benzene rings is 2. The molecule has 0 spiro atoms. The van der Waals surface area contributed by atoms with Gasteiger partial charge in [0.15, 0.2) is 5.65 Å². The summed E-state index contributed by atoms with van der Waals surface area (Å²) in [5.41, 5.74) is 3.69. The van der Waals surface area contributed by atoms with E-state index >= 15 is 0 Å². The molecule has 1 unspecified atom stereocenters. The van der Waals surface area contributed by atoms with Crippen molar-refractivity contribution in [2.45, 2.75) is 56.5 Å². The van der Waals surface area contributed by atoms with Crippen molar-refractivity contribution in [2.24, 2.45) is 0 Å². The lowest BCUT2D eigenvalue weighted by atomic mass is 9.99. The van der Waals surface area contributed by atoms with Crippen LogP contribution in [0.3, 0.4) is 0 Å². The van der Waals surface area contributed by atoms with Gasteiger partial charge in [-0.15, -0.1) is 5.10 Å². The van der Waals surface area contributed by atoms with Crippen LogP contribution in [0, 0.1) is 0 Å². The van der Waals surface area contributed by atoms with E-state index < -0.39 is 37.3 Å². The summed E-state index contributed by atoms with van der Waals surface area (Å²) in [6.07, 6.45) is -3.35. The number of ether oxygens (including phenoxy) is 2. The summed E-state index contributed by atoms with van der Waals surface area (Å²) in [5.74, 6) is 0.376. The molecule has 10 heteroatoms. The Bertz CT molecular complexity index is 1340. The second-order valence-electron chi connectivity index (χ2n) is 9.41. The predicted molar refractivity (Wildman–Crippen MR) is 138 cm³/mol. The maximum absolute atomic E-state index is 10.5. The molecule has 5 N–H and O–H groups in total. The number of aromatic hydroxyl groups is 1. The van der Waals surface area contributed by atoms with E-state index in [4.69, 9.17) is 9.47 Å². The van der Waals surface area contributed by atoms with Gasteiger partial charge in [0, 0.05) is 12.7 Å². The molecule has 10 nitrogen and oxygen atoms in total. The van der Waals surface area contributed by atoms with Crippen molar-refractivity contribution in [3.05, 3.63) is 83.6 Å². The van der Waals surface area contributed by atoms with Crippen molar-refractivity contribution in [1.29, 1.82) is 0 Å². The molecule has 0 aliphatic carbocycles. The predicted octanol–water partition coefficient (Wildman–Crippen LogP) is 1.34. The molecule has 0 saturated carbocycles. The van der Waals surface area contributed by atoms with Gasteiger partial charge < -0.3 is 35.0 Å². The zero-order chi connectivity index (χ0) is 26.6. The van der Waals surface area contributed by atoms with Crippen molar-refractivity contribution in [3.63, 3.8) is 0 Å². The summed E-state index contributed by atoms with van der Waals surface area (Å²) in [6.45, 7) is -0.0382. The van der Waals surface area contributed by atoms with Crippen LogP contribution in [0.2, 0.25) is 0 Å². The van der Waals surface area contributed by atoms with Crippen molar-refractivity contribution < 1.29 is 35.0 Å². The summed E-state index contributed by atoms with van der Waals surface area (Å²) < 4.78 is 13.3. The van der Waals surface area contributed by atoms with E-state index in [1.807, 2.05) is 48.5 Å². The second-order valence-corrected chi connectivity index (χ2v) is 9.41. The number of phenols is 1. The Morgan fingerprint density at radius 1 is 0.842 bits per heavy atom. The van der Waals surface area contributed by atoms with Crippen molar-refractivity contribution in [2.75, 3.05) is 6.61 Å². The molecule has 2 aromatic heterocycles. The van der Waals surface area contributed by atoms with Crippen LogP contribution in [-0.2, 0) is 30.5 Å². The maximum Gasteiger partial charge on any atom is 0.245 e. The Kier molecular flexibility index (Phi) is 7.87. The van der Waals surface area contributed by atoms with Gasteiger partial charge >= 0.3 is 0 Å². The number of hydrogen-bond donors (Lipinski definition) is 5. The average molecular weight is 522 g/mol. The molecule has 1 aliphatic heterocycles. The molecule has 1 fully saturated rings. The molecule has 1 saturated heterocycles. The Morgan fingerprint density at radius 3 is 2.32 bits per heavy atom. The molecule has 38 heavy (non-hydrogen) atoms. The molecule has 5 rings (SSSR count). The normalized spacial score (nSPS) is 23.5. The van der Waals surface area contributed by atoms with Crippen LogP contribution < -0.4 is 4.74 Å². The molecule has 2 aromatic carbocycles. The van der Waals surface area contributed by atoms with E-state index in [9.17, 15) is 25.5 Å². The minimum absolute atomic E-state index is 0.172. The minimum atomic E-state index is -1.57. The van der Waals surface area contributed by atoms with Gasteiger partial charge in [-0.1, -0.05) is 42.5 Å². The lowest BCUT2D eigenvalue weighted by molar-refractivity contribution is -0.278. The summed E-state index contributed by atoms with van der Waals surface area (Å²) in [4.78, 5) is 4.57. The quantitative estimate of drug-likeness (QED) is 0.220. The first-order valence-corrected chi connectivity index (χ1v) is 12.6. The van der Waals surface area contributed by atoms with Crippen molar-refractivity contribution in [3.8, 4) is 11.6 Å². The average Bonchev–Trinajstić information content (AvgIpc) is 3.30. The third-order valence-electron chi connectivity index (χ3n) is 6.84. The fourth-order valence-corrected chi connectivity index (χ4v) is 4.67. The molecule has 200 valence electrons. The molecular formula is C28H31N3O7. The van der Waals surface area contributed by atoms with Gasteiger partial charge in [0.1, 0.15) is 30.2 Å². The van der Waals surface area contributed by atoms with E-state index in [2.05, 4.69) is 10.1 Å². The Labute approximate surface area is 219 Å². The topological polar surface area (TPSA) is 150 Å². The number of fused-ring (bicyclic) bond motifs is 1. The summed E-state index contributed by atoms with van der Waals surface area (Å²) in [6, 6.07) is 18.9. The molecule has 0 radical (unpaired) electrons. The largest absolute Gasteiger partial charge is 0.508 e. The number of aliphatic hydroxyl groups is 4. The molecular weight excluding hydrogens is 490 g/mol. The van der Waals surface area contributed by atoms with Gasteiger partial charge in [-0.2, -0.15) is 0 Å². The zero-order valence-electron chi connectivity index (χ0n) is 20.7. The molecule has 1 aliphatic rings. The number of pyridine rings is 1. The molecule has 4 aromatic rings. The first-order chi connectivity index (χ1) is 18.4. The molecule has 3 heterocycles. The van der Waals surface area contributed by atoms with Gasteiger partial charge in [-0.05, 0) is 54.2 Å². The van der Waals surface area contributed by atoms with Gasteiger partial charge in [0.05, 0.1) is 12.0 Å². The maximum atomic E-state index is 10.5. The lowest BCUT2D eigenvalue weighted by Crippen LogP contribution is -2.60. The summed E-state index contributed by atoms with van der Waals surface area (Å²) in [5, 5.41) is 55.4. The van der Waals surface area contributed by atoms with E-state index in [0.717, 1.165) is 16.7 Å². The van der Waals surface area contributed by atoms with Crippen LogP contribution in [0.25, 0.3) is 11.0 Å². The SMILES string of the molecule is OC[C@H]1OC(Oc2nn(CCc3ccccc3)c3nccc(CCc4ccc(O)cc4)c23)[C@H](O)[C@@H](O)[C@@H]1O. The number of aryl methyl sites for hydroxylation is 4. The first kappa shape index (κ1) is 26.1. The van der Waals surface area contributed by atoms with Gasteiger partial charge in [0.25, 0.3) is 0 Å². The van der Waals surface area contributed by atoms with Crippen LogP contribution in [0.1, 0.15) is 16.7 Å². The number of rotatable bonds is 9. The van der Waals surface area contributed by atoms with Crippen molar-refractivity contribution >= 4 is 11.0 Å². The van der Waals surface area contributed by atoms with Gasteiger partial charge in [-0.25, -0.2) is 9.67 Å². The molecule has 5 atom stereocenters. The van der Waals surface area contributed by atoms with E-state index in [1.54, 1.807) is 23.0 Å². The molecule has 0 amide bonds.